The molecule has 0 saturated heterocycles. The molecule has 0 radical (unpaired) electrons. The molecule has 94 valence electrons. The Morgan fingerprint density at radius 1 is 1.39 bits per heavy atom. The number of nitro benzene ring substituents is 1. The zero-order valence-electron chi connectivity index (χ0n) is 8.91. The molecular formula is C9H8N5O3S-. The molecule has 1 aromatic heterocycles. The summed E-state index contributed by atoms with van der Waals surface area (Å²) in [6.07, 6.45) is 0. The monoisotopic (exact) mass is 266 g/mol. The molecule has 0 fully saturated rings. The molecule has 0 aliphatic carbocycles. The number of nitrogen functional groups attached to an aromatic ring is 1. The van der Waals surface area contributed by atoms with Gasteiger partial charge in [-0.2, -0.15) is 0 Å². The highest BCUT2D eigenvalue weighted by Crippen LogP contribution is 2.29. The molecule has 0 aliphatic rings. The Hall–Kier alpha value is -2.55. The molecule has 0 bridgehead atoms. The van der Waals surface area contributed by atoms with Crippen LogP contribution in [0.15, 0.2) is 24.3 Å². The molecule has 0 saturated carbocycles. The van der Waals surface area contributed by atoms with E-state index >= 15 is 0 Å². The smallest absolute Gasteiger partial charge is 0.271 e. The number of nitro groups is 1. The topological polar surface area (TPSA) is 129 Å². The highest BCUT2D eigenvalue weighted by molar-refractivity contribution is 7.19. The van der Waals surface area contributed by atoms with Crippen LogP contribution in [0.25, 0.3) is 0 Å². The number of nitrogens with zero attached hydrogens (tertiary/aromatic N) is 2. The van der Waals surface area contributed by atoms with Gasteiger partial charge in [-0.1, -0.05) is 17.4 Å². The van der Waals surface area contributed by atoms with Gasteiger partial charge in [0.2, 0.25) is 0 Å². The fraction of sp³-hybridized carbons (Fsp3) is 0. The predicted octanol–water partition coefficient (Wildman–Crippen LogP) is 1.15. The standard InChI is InChI=1S/C9H9N5O3S/c10-9-11-7(15)8(18-9)13-12-5-2-1-3-6(4-5)14(16)17/h1-4,12-13,15H,(H2,10,11)/p-1. The lowest BCUT2D eigenvalue weighted by molar-refractivity contribution is -0.384. The third kappa shape index (κ3) is 2.58. The van der Waals surface area contributed by atoms with E-state index in [1.54, 1.807) is 6.07 Å². The van der Waals surface area contributed by atoms with E-state index in [4.69, 9.17) is 5.73 Å². The van der Waals surface area contributed by atoms with Crippen LogP contribution in [-0.2, 0) is 0 Å². The zero-order valence-corrected chi connectivity index (χ0v) is 9.73. The van der Waals surface area contributed by atoms with Gasteiger partial charge in [-0.3, -0.25) is 21.0 Å². The van der Waals surface area contributed by atoms with Crippen molar-refractivity contribution in [3.05, 3.63) is 34.4 Å². The molecule has 2 rings (SSSR count). The van der Waals surface area contributed by atoms with Crippen LogP contribution in [0, 0.1) is 10.1 Å². The maximum atomic E-state index is 11.2. The average molecular weight is 266 g/mol. The lowest BCUT2D eigenvalue weighted by Gasteiger charge is -2.10. The number of thiazole rings is 1. The molecule has 0 spiro atoms. The minimum absolute atomic E-state index is 0.0482. The maximum absolute atomic E-state index is 11.2. The normalized spacial score (nSPS) is 10.0. The number of non-ortho nitro benzene ring substituents is 1. The second-order valence-corrected chi connectivity index (χ2v) is 4.27. The molecule has 0 aliphatic heterocycles. The van der Waals surface area contributed by atoms with Gasteiger partial charge in [0.05, 0.1) is 10.6 Å². The number of hydrazine groups is 1. The Bertz CT molecular complexity index is 585. The van der Waals surface area contributed by atoms with Gasteiger partial charge in [-0.05, 0) is 6.07 Å². The van der Waals surface area contributed by atoms with E-state index in [0.717, 1.165) is 11.3 Å². The van der Waals surface area contributed by atoms with Crippen molar-refractivity contribution in [2.45, 2.75) is 0 Å². The van der Waals surface area contributed by atoms with Crippen LogP contribution in [0.4, 0.5) is 21.5 Å². The first-order valence-corrected chi connectivity index (χ1v) is 5.57. The zero-order chi connectivity index (χ0) is 13.1. The van der Waals surface area contributed by atoms with Crippen molar-refractivity contribution in [3.8, 4) is 5.88 Å². The second-order valence-electron chi connectivity index (χ2n) is 3.24. The van der Waals surface area contributed by atoms with Crippen LogP contribution in [0.3, 0.4) is 0 Å². The van der Waals surface area contributed by atoms with Gasteiger partial charge >= 0.3 is 0 Å². The molecule has 0 amide bonds. The van der Waals surface area contributed by atoms with Crippen molar-refractivity contribution in [2.24, 2.45) is 0 Å². The fourth-order valence-electron chi connectivity index (χ4n) is 1.23. The summed E-state index contributed by atoms with van der Waals surface area (Å²) in [6, 6.07) is 5.85. The molecule has 4 N–H and O–H groups in total. The summed E-state index contributed by atoms with van der Waals surface area (Å²) in [5.41, 5.74) is 11.0. The van der Waals surface area contributed by atoms with Crippen LogP contribution in [0.1, 0.15) is 0 Å². The van der Waals surface area contributed by atoms with Crippen LogP contribution < -0.4 is 21.7 Å². The highest BCUT2D eigenvalue weighted by Gasteiger charge is 2.06. The fourth-order valence-corrected chi connectivity index (χ4v) is 1.80. The number of aromatic nitrogens is 1. The number of hydrogen-bond acceptors (Lipinski definition) is 8. The Morgan fingerprint density at radius 3 is 2.78 bits per heavy atom. The van der Waals surface area contributed by atoms with Gasteiger partial charge in [-0.15, -0.1) is 0 Å². The number of anilines is 3. The minimum atomic E-state index is -0.505. The third-order valence-electron chi connectivity index (χ3n) is 1.99. The minimum Gasteiger partial charge on any atom is -0.856 e. The Balaban J connectivity index is 2.08. The first-order chi connectivity index (χ1) is 8.56. The van der Waals surface area contributed by atoms with Gasteiger partial charge in [0.1, 0.15) is 5.00 Å². The number of nitrogens with two attached hydrogens (primary N) is 1. The summed E-state index contributed by atoms with van der Waals surface area (Å²) in [5.74, 6) is -0.476. The van der Waals surface area contributed by atoms with Gasteiger partial charge in [0.15, 0.2) is 5.13 Å². The van der Waals surface area contributed by atoms with E-state index < -0.39 is 10.8 Å². The van der Waals surface area contributed by atoms with Crippen LogP contribution in [0.5, 0.6) is 5.88 Å². The van der Waals surface area contributed by atoms with Crippen molar-refractivity contribution >= 4 is 32.8 Å². The van der Waals surface area contributed by atoms with Gasteiger partial charge < -0.3 is 10.8 Å². The summed E-state index contributed by atoms with van der Waals surface area (Å²) in [5, 5.41) is 22.2. The number of hydrogen-bond donors (Lipinski definition) is 3. The molecule has 0 atom stereocenters. The number of benzene rings is 1. The van der Waals surface area contributed by atoms with E-state index in [9.17, 15) is 15.2 Å². The van der Waals surface area contributed by atoms with Crippen LogP contribution in [0.2, 0.25) is 0 Å². The van der Waals surface area contributed by atoms with E-state index in [1.165, 1.54) is 18.2 Å². The van der Waals surface area contributed by atoms with Crippen molar-refractivity contribution in [1.29, 1.82) is 0 Å². The number of nitrogens with one attached hydrogen (secondary N) is 2. The summed E-state index contributed by atoms with van der Waals surface area (Å²) >= 11 is 0.991. The van der Waals surface area contributed by atoms with Crippen LogP contribution in [-0.4, -0.2) is 9.91 Å². The molecule has 1 aromatic carbocycles. The molecule has 2 aromatic rings. The largest absolute Gasteiger partial charge is 0.856 e. The lowest BCUT2D eigenvalue weighted by atomic mass is 10.3. The van der Waals surface area contributed by atoms with E-state index in [-0.39, 0.29) is 15.8 Å². The predicted molar refractivity (Wildman–Crippen MR) is 66.3 cm³/mol. The quantitative estimate of drug-likeness (QED) is 0.559. The summed E-state index contributed by atoms with van der Waals surface area (Å²) in [7, 11) is 0. The SMILES string of the molecule is Nc1nc([O-])c(NNc2cccc([N+](=O)[O-])c2)s1. The molecule has 0 unspecified atom stereocenters. The second kappa shape index (κ2) is 4.75. The highest BCUT2D eigenvalue weighted by atomic mass is 32.1. The van der Waals surface area contributed by atoms with Gasteiger partial charge in [-0.25, -0.2) is 4.98 Å². The van der Waals surface area contributed by atoms with E-state index in [2.05, 4.69) is 15.8 Å². The summed E-state index contributed by atoms with van der Waals surface area (Å²) < 4.78 is 0. The van der Waals surface area contributed by atoms with Crippen LogP contribution >= 0.6 is 11.3 Å². The van der Waals surface area contributed by atoms with Gasteiger partial charge in [0, 0.05) is 18.0 Å². The molecule has 1 heterocycles. The molecular weight excluding hydrogens is 258 g/mol. The number of rotatable bonds is 4. The third-order valence-corrected chi connectivity index (χ3v) is 2.77. The Morgan fingerprint density at radius 2 is 2.17 bits per heavy atom. The first kappa shape index (κ1) is 11.9. The van der Waals surface area contributed by atoms with Crippen molar-refractivity contribution in [3.63, 3.8) is 0 Å². The average Bonchev–Trinajstić information content (AvgIpc) is 2.65. The Kier molecular flexibility index (Phi) is 3.15. The van der Waals surface area contributed by atoms with Gasteiger partial charge in [0.25, 0.3) is 5.69 Å². The first-order valence-electron chi connectivity index (χ1n) is 4.76. The van der Waals surface area contributed by atoms with Crippen molar-refractivity contribution in [2.75, 3.05) is 16.6 Å². The molecule has 18 heavy (non-hydrogen) atoms. The van der Waals surface area contributed by atoms with Crippen molar-refractivity contribution in [1.82, 2.24) is 4.98 Å². The summed E-state index contributed by atoms with van der Waals surface area (Å²) in [6.45, 7) is 0. The summed E-state index contributed by atoms with van der Waals surface area (Å²) in [4.78, 5) is 13.6. The lowest BCUT2D eigenvalue weighted by Crippen LogP contribution is -2.09. The molecule has 8 nitrogen and oxygen atoms in total. The Labute approximate surface area is 105 Å². The van der Waals surface area contributed by atoms with Crippen molar-refractivity contribution < 1.29 is 10.0 Å². The van der Waals surface area contributed by atoms with E-state index in [0.29, 0.717) is 5.69 Å². The maximum Gasteiger partial charge on any atom is 0.271 e. The molecule has 9 heteroatoms. The van der Waals surface area contributed by atoms with E-state index in [1.807, 2.05) is 0 Å².